The molecule has 1 fully saturated rings. The molecule has 1 aliphatic heterocycles. The number of amides is 2. The van der Waals surface area contributed by atoms with Crippen LogP contribution < -0.4 is 10.6 Å². The maximum Gasteiger partial charge on any atom is 0.252 e. The molecule has 1 unspecified atom stereocenters. The van der Waals surface area contributed by atoms with E-state index in [0.29, 0.717) is 35.3 Å². The van der Waals surface area contributed by atoms with Gasteiger partial charge < -0.3 is 10.6 Å². The first-order valence-electron chi connectivity index (χ1n) is 10.1. The Bertz CT molecular complexity index is 1040. The first-order valence-corrected chi connectivity index (χ1v) is 10.1. The molecule has 0 radical (unpaired) electrons. The highest BCUT2D eigenvalue weighted by Crippen LogP contribution is 2.26. The highest BCUT2D eigenvalue weighted by Gasteiger charge is 2.25. The van der Waals surface area contributed by atoms with Crippen LogP contribution in [-0.4, -0.2) is 39.2 Å². The Morgan fingerprint density at radius 1 is 1.24 bits per heavy atom. The van der Waals surface area contributed by atoms with Crippen LogP contribution in [0.2, 0.25) is 0 Å². The summed E-state index contributed by atoms with van der Waals surface area (Å²) in [5.41, 5.74) is 2.78. The summed E-state index contributed by atoms with van der Waals surface area (Å²) in [6.07, 6.45) is 4.15. The van der Waals surface area contributed by atoms with Gasteiger partial charge in [0.05, 0.1) is 22.8 Å². The van der Waals surface area contributed by atoms with Crippen LogP contribution in [0.25, 0.3) is 22.3 Å². The fourth-order valence-electron chi connectivity index (χ4n) is 3.65. The number of pyridine rings is 1. The van der Waals surface area contributed by atoms with E-state index in [1.165, 1.54) is 0 Å². The number of hydrogen-bond donors (Lipinski definition) is 2. The molecular weight excluding hydrogens is 366 g/mol. The summed E-state index contributed by atoms with van der Waals surface area (Å²) in [5, 5.41) is 10.9. The summed E-state index contributed by atoms with van der Waals surface area (Å²) >= 11 is 0. The van der Waals surface area contributed by atoms with Gasteiger partial charge in [-0.1, -0.05) is 30.3 Å². The van der Waals surface area contributed by atoms with Crippen molar-refractivity contribution in [2.75, 3.05) is 6.54 Å². The summed E-state index contributed by atoms with van der Waals surface area (Å²) in [7, 11) is 0. The predicted octanol–water partition coefficient (Wildman–Crippen LogP) is 3.08. The average Bonchev–Trinajstić information content (AvgIpc) is 3.06. The summed E-state index contributed by atoms with van der Waals surface area (Å²) in [6.45, 7) is 4.71. The number of aromatic nitrogens is 3. The third-order valence-electron chi connectivity index (χ3n) is 5.21. The molecule has 7 heteroatoms. The minimum absolute atomic E-state index is 0.106. The zero-order valence-electron chi connectivity index (χ0n) is 16.7. The molecule has 1 aromatic carbocycles. The largest absolute Gasteiger partial charge is 0.354 e. The van der Waals surface area contributed by atoms with Gasteiger partial charge in [-0.2, -0.15) is 5.10 Å². The molecule has 2 aromatic heterocycles. The third-order valence-corrected chi connectivity index (χ3v) is 5.21. The Labute approximate surface area is 169 Å². The van der Waals surface area contributed by atoms with E-state index in [1.54, 1.807) is 12.3 Å². The quantitative estimate of drug-likeness (QED) is 0.715. The van der Waals surface area contributed by atoms with Gasteiger partial charge in [-0.05, 0) is 39.2 Å². The Morgan fingerprint density at radius 2 is 2.03 bits per heavy atom. The second-order valence-corrected chi connectivity index (χ2v) is 7.65. The summed E-state index contributed by atoms with van der Waals surface area (Å²) in [4.78, 5) is 30.3. The molecule has 4 rings (SSSR count). The lowest BCUT2D eigenvalue weighted by molar-refractivity contribution is -0.122. The van der Waals surface area contributed by atoms with E-state index < -0.39 is 6.04 Å². The molecule has 3 aromatic rings. The van der Waals surface area contributed by atoms with Crippen LogP contribution in [0.3, 0.4) is 0 Å². The number of rotatable bonds is 4. The second kappa shape index (κ2) is 8.03. The number of nitrogens with zero attached hydrogens (tertiary/aromatic N) is 3. The SMILES string of the molecule is CC(C)n1ncc2c(C(=O)NC3CCCCNC3=O)cc(-c3ccccc3)nc21. The first kappa shape index (κ1) is 19.1. The molecule has 3 heterocycles. The lowest BCUT2D eigenvalue weighted by atomic mass is 10.1. The summed E-state index contributed by atoms with van der Waals surface area (Å²) in [6, 6.07) is 11.1. The maximum absolute atomic E-state index is 13.2. The van der Waals surface area contributed by atoms with Crippen molar-refractivity contribution in [3.63, 3.8) is 0 Å². The number of carbonyl (C=O) groups is 2. The molecule has 0 bridgehead atoms. The van der Waals surface area contributed by atoms with E-state index in [2.05, 4.69) is 15.7 Å². The first-order chi connectivity index (χ1) is 14.0. The standard InChI is InChI=1S/C22H25N5O2/c1-14(2)27-20-17(13-24-27)16(12-19(25-20)15-8-4-3-5-9-15)21(28)26-18-10-6-7-11-23-22(18)29/h3-5,8-9,12-14,18H,6-7,10-11H2,1-2H3,(H,23,29)(H,26,28). The molecule has 1 aliphatic rings. The topological polar surface area (TPSA) is 88.9 Å². The van der Waals surface area contributed by atoms with Crippen LogP contribution >= 0.6 is 0 Å². The van der Waals surface area contributed by atoms with Gasteiger partial charge in [0, 0.05) is 18.2 Å². The van der Waals surface area contributed by atoms with E-state index in [0.717, 1.165) is 18.4 Å². The van der Waals surface area contributed by atoms with Crippen molar-refractivity contribution in [3.8, 4) is 11.3 Å². The van der Waals surface area contributed by atoms with Crippen LogP contribution in [0, 0.1) is 0 Å². The van der Waals surface area contributed by atoms with Crippen LogP contribution in [0.1, 0.15) is 49.5 Å². The van der Waals surface area contributed by atoms with Crippen molar-refractivity contribution in [1.29, 1.82) is 0 Å². The fraction of sp³-hybridized carbons (Fsp3) is 0.364. The van der Waals surface area contributed by atoms with E-state index in [-0.39, 0.29) is 17.9 Å². The zero-order valence-corrected chi connectivity index (χ0v) is 16.7. The molecule has 29 heavy (non-hydrogen) atoms. The highest BCUT2D eigenvalue weighted by atomic mass is 16.2. The van der Waals surface area contributed by atoms with Gasteiger partial charge in [0.2, 0.25) is 5.91 Å². The number of benzene rings is 1. The Kier molecular flexibility index (Phi) is 5.29. The van der Waals surface area contributed by atoms with Gasteiger partial charge in [0.1, 0.15) is 6.04 Å². The predicted molar refractivity (Wildman–Crippen MR) is 111 cm³/mol. The number of hydrogen-bond acceptors (Lipinski definition) is 4. The minimum Gasteiger partial charge on any atom is -0.354 e. The van der Waals surface area contributed by atoms with Gasteiger partial charge in [0.25, 0.3) is 5.91 Å². The highest BCUT2D eigenvalue weighted by molar-refractivity contribution is 6.07. The molecule has 150 valence electrons. The number of carbonyl (C=O) groups excluding carboxylic acids is 2. The molecule has 0 saturated carbocycles. The van der Waals surface area contributed by atoms with Crippen molar-refractivity contribution >= 4 is 22.8 Å². The van der Waals surface area contributed by atoms with E-state index in [9.17, 15) is 9.59 Å². The smallest absolute Gasteiger partial charge is 0.252 e. The second-order valence-electron chi connectivity index (χ2n) is 7.65. The Hall–Kier alpha value is -3.22. The van der Waals surface area contributed by atoms with Crippen molar-refractivity contribution in [3.05, 3.63) is 48.2 Å². The van der Waals surface area contributed by atoms with Crippen LogP contribution in [-0.2, 0) is 4.79 Å². The molecule has 1 saturated heterocycles. The Balaban J connectivity index is 1.77. The van der Waals surface area contributed by atoms with Gasteiger partial charge in [0.15, 0.2) is 5.65 Å². The molecule has 2 amide bonds. The monoisotopic (exact) mass is 391 g/mol. The van der Waals surface area contributed by atoms with Crippen molar-refractivity contribution in [2.45, 2.75) is 45.2 Å². The maximum atomic E-state index is 13.2. The number of nitrogens with one attached hydrogen (secondary N) is 2. The fourth-order valence-corrected chi connectivity index (χ4v) is 3.65. The van der Waals surface area contributed by atoms with Crippen molar-refractivity contribution in [1.82, 2.24) is 25.4 Å². The molecule has 1 atom stereocenters. The normalized spacial score (nSPS) is 17.2. The van der Waals surface area contributed by atoms with Crippen LogP contribution in [0.4, 0.5) is 0 Å². The van der Waals surface area contributed by atoms with Gasteiger partial charge in [-0.25, -0.2) is 9.67 Å². The summed E-state index contributed by atoms with van der Waals surface area (Å²) < 4.78 is 1.82. The molecular formula is C22H25N5O2. The van der Waals surface area contributed by atoms with Gasteiger partial charge >= 0.3 is 0 Å². The van der Waals surface area contributed by atoms with Crippen molar-refractivity contribution < 1.29 is 9.59 Å². The van der Waals surface area contributed by atoms with Crippen LogP contribution in [0.15, 0.2) is 42.6 Å². The van der Waals surface area contributed by atoms with E-state index in [4.69, 9.17) is 4.98 Å². The summed E-state index contributed by atoms with van der Waals surface area (Å²) in [5.74, 6) is -0.401. The minimum atomic E-state index is -0.520. The molecule has 0 spiro atoms. The van der Waals surface area contributed by atoms with Crippen molar-refractivity contribution in [2.24, 2.45) is 0 Å². The third kappa shape index (κ3) is 3.85. The average molecular weight is 391 g/mol. The number of fused-ring (bicyclic) bond motifs is 1. The molecule has 7 nitrogen and oxygen atoms in total. The molecule has 2 N–H and O–H groups in total. The molecule has 0 aliphatic carbocycles. The van der Waals surface area contributed by atoms with Crippen LogP contribution in [0.5, 0.6) is 0 Å². The van der Waals surface area contributed by atoms with E-state index in [1.807, 2.05) is 48.9 Å². The Morgan fingerprint density at radius 3 is 2.79 bits per heavy atom. The zero-order chi connectivity index (χ0) is 20.4. The lowest BCUT2D eigenvalue weighted by Crippen LogP contribution is -2.45. The lowest BCUT2D eigenvalue weighted by Gasteiger charge is -2.16. The van der Waals surface area contributed by atoms with Gasteiger partial charge in [-0.15, -0.1) is 0 Å². The van der Waals surface area contributed by atoms with Gasteiger partial charge in [-0.3, -0.25) is 9.59 Å². The van der Waals surface area contributed by atoms with E-state index >= 15 is 0 Å².